The molecule has 178 valence electrons. The van der Waals surface area contributed by atoms with Crippen molar-refractivity contribution in [3.8, 4) is 0 Å². The summed E-state index contributed by atoms with van der Waals surface area (Å²) in [5.74, 6) is 0.186. The van der Waals surface area contributed by atoms with Gasteiger partial charge in [-0.05, 0) is 42.7 Å². The standard InChI is InChI=1S/C24H31N3O4S2/c1-3-27(4-2)33(30,31)20-13-11-19(12-14-20)17-25-24(29)21-9-5-6-10-22(21)32-18-23(28)26-15-7-8-16-26/h5-6,9-14H,3-4,7-8,15-18H2,1-2H3,(H,25,29). The fourth-order valence-electron chi connectivity index (χ4n) is 3.75. The molecule has 0 atom stereocenters. The van der Waals surface area contributed by atoms with Crippen molar-refractivity contribution in [2.24, 2.45) is 0 Å². The lowest BCUT2D eigenvalue weighted by atomic mass is 10.2. The third-order valence-electron chi connectivity index (χ3n) is 5.66. The van der Waals surface area contributed by atoms with E-state index in [1.54, 1.807) is 36.4 Å². The summed E-state index contributed by atoms with van der Waals surface area (Å²) in [7, 11) is -3.51. The van der Waals surface area contributed by atoms with Gasteiger partial charge in [0.2, 0.25) is 15.9 Å². The van der Waals surface area contributed by atoms with Gasteiger partial charge in [0.05, 0.1) is 16.2 Å². The molecule has 0 aliphatic carbocycles. The van der Waals surface area contributed by atoms with Crippen LogP contribution in [0.1, 0.15) is 42.6 Å². The molecule has 2 amide bonds. The molecule has 1 aliphatic rings. The van der Waals surface area contributed by atoms with Crippen LogP contribution < -0.4 is 5.32 Å². The molecule has 0 unspecified atom stereocenters. The van der Waals surface area contributed by atoms with Crippen LogP contribution in [-0.4, -0.2) is 61.4 Å². The first kappa shape index (κ1) is 25.3. The number of hydrogen-bond donors (Lipinski definition) is 1. The minimum absolute atomic E-state index is 0.104. The van der Waals surface area contributed by atoms with Gasteiger partial charge >= 0.3 is 0 Å². The van der Waals surface area contributed by atoms with Crippen LogP contribution in [0.2, 0.25) is 0 Å². The highest BCUT2D eigenvalue weighted by atomic mass is 32.2. The Morgan fingerprint density at radius 1 is 1.00 bits per heavy atom. The molecule has 1 saturated heterocycles. The van der Waals surface area contributed by atoms with Crippen LogP contribution in [0.4, 0.5) is 0 Å². The fourth-order valence-corrected chi connectivity index (χ4v) is 6.16. The molecule has 7 nitrogen and oxygen atoms in total. The first-order chi connectivity index (χ1) is 15.9. The molecule has 0 spiro atoms. The largest absolute Gasteiger partial charge is 0.348 e. The zero-order chi connectivity index (χ0) is 23.8. The van der Waals surface area contributed by atoms with Crippen LogP contribution in [0, 0.1) is 0 Å². The number of nitrogens with zero attached hydrogens (tertiary/aromatic N) is 2. The molecule has 33 heavy (non-hydrogen) atoms. The first-order valence-corrected chi connectivity index (χ1v) is 13.7. The highest BCUT2D eigenvalue weighted by Gasteiger charge is 2.22. The molecule has 0 radical (unpaired) electrons. The van der Waals surface area contributed by atoms with E-state index in [-0.39, 0.29) is 23.3 Å². The van der Waals surface area contributed by atoms with E-state index in [0.29, 0.717) is 24.4 Å². The molecule has 1 fully saturated rings. The summed E-state index contributed by atoms with van der Waals surface area (Å²) in [5, 5.41) is 2.89. The monoisotopic (exact) mass is 489 g/mol. The third-order valence-corrected chi connectivity index (χ3v) is 8.78. The summed E-state index contributed by atoms with van der Waals surface area (Å²) in [6.45, 7) is 6.35. The van der Waals surface area contributed by atoms with Crippen molar-refractivity contribution in [3.63, 3.8) is 0 Å². The lowest BCUT2D eigenvalue weighted by Crippen LogP contribution is -2.30. The zero-order valence-electron chi connectivity index (χ0n) is 19.1. The molecular weight excluding hydrogens is 458 g/mol. The molecule has 2 aromatic rings. The predicted molar refractivity (Wildman–Crippen MR) is 131 cm³/mol. The maximum Gasteiger partial charge on any atom is 0.252 e. The van der Waals surface area contributed by atoms with Gasteiger partial charge in [0.25, 0.3) is 5.91 Å². The smallest absolute Gasteiger partial charge is 0.252 e. The minimum atomic E-state index is -3.51. The van der Waals surface area contributed by atoms with Gasteiger partial charge in [-0.1, -0.05) is 38.1 Å². The molecule has 1 heterocycles. The zero-order valence-corrected chi connectivity index (χ0v) is 20.8. The number of thioether (sulfide) groups is 1. The molecule has 1 N–H and O–H groups in total. The van der Waals surface area contributed by atoms with Crippen LogP contribution in [-0.2, 0) is 21.4 Å². The summed E-state index contributed by atoms with van der Waals surface area (Å²) in [5.41, 5.74) is 1.33. The van der Waals surface area contributed by atoms with Crippen LogP contribution in [0.15, 0.2) is 58.3 Å². The Morgan fingerprint density at radius 3 is 2.27 bits per heavy atom. The van der Waals surface area contributed by atoms with E-state index in [0.717, 1.165) is 36.4 Å². The molecule has 0 bridgehead atoms. The van der Waals surface area contributed by atoms with Gasteiger partial charge in [-0.25, -0.2) is 8.42 Å². The second-order valence-corrected chi connectivity index (χ2v) is 10.7. The van der Waals surface area contributed by atoms with E-state index in [4.69, 9.17) is 0 Å². The van der Waals surface area contributed by atoms with E-state index >= 15 is 0 Å². The fraction of sp³-hybridized carbons (Fsp3) is 0.417. The van der Waals surface area contributed by atoms with Gasteiger partial charge in [-0.2, -0.15) is 4.31 Å². The highest BCUT2D eigenvalue weighted by Crippen LogP contribution is 2.24. The van der Waals surface area contributed by atoms with E-state index in [1.165, 1.54) is 16.1 Å². The first-order valence-electron chi connectivity index (χ1n) is 11.2. The summed E-state index contributed by atoms with van der Waals surface area (Å²) in [4.78, 5) is 28.0. The average molecular weight is 490 g/mol. The number of carbonyl (C=O) groups excluding carboxylic acids is 2. The topological polar surface area (TPSA) is 86.8 Å². The molecule has 1 aliphatic heterocycles. The number of likely N-dealkylation sites (tertiary alicyclic amines) is 1. The van der Waals surface area contributed by atoms with E-state index < -0.39 is 10.0 Å². The van der Waals surface area contributed by atoms with Crippen molar-refractivity contribution in [1.29, 1.82) is 0 Å². The molecular formula is C24H31N3O4S2. The molecule has 9 heteroatoms. The Hall–Kier alpha value is -2.36. The van der Waals surface area contributed by atoms with Gasteiger partial charge in [-0.3, -0.25) is 9.59 Å². The molecule has 0 saturated carbocycles. The Balaban J connectivity index is 1.60. The number of benzene rings is 2. The van der Waals surface area contributed by atoms with E-state index in [2.05, 4.69) is 5.32 Å². The summed E-state index contributed by atoms with van der Waals surface area (Å²) in [6.07, 6.45) is 2.11. The lowest BCUT2D eigenvalue weighted by Gasteiger charge is -2.18. The van der Waals surface area contributed by atoms with Gasteiger partial charge in [-0.15, -0.1) is 11.8 Å². The number of rotatable bonds is 10. The quantitative estimate of drug-likeness (QED) is 0.517. The van der Waals surface area contributed by atoms with Crippen LogP contribution in [0.5, 0.6) is 0 Å². The summed E-state index contributed by atoms with van der Waals surface area (Å²) in [6, 6.07) is 13.8. The number of nitrogens with one attached hydrogen (secondary N) is 1. The second-order valence-electron chi connectivity index (χ2n) is 7.79. The van der Waals surface area contributed by atoms with Gasteiger partial charge < -0.3 is 10.2 Å². The van der Waals surface area contributed by atoms with Crippen molar-refractivity contribution >= 4 is 33.6 Å². The van der Waals surface area contributed by atoms with E-state index in [1.807, 2.05) is 30.9 Å². The Labute approximate surface area is 200 Å². The number of hydrogen-bond acceptors (Lipinski definition) is 5. The lowest BCUT2D eigenvalue weighted by molar-refractivity contribution is -0.127. The summed E-state index contributed by atoms with van der Waals surface area (Å²) >= 11 is 1.38. The number of amides is 2. The maximum atomic E-state index is 12.8. The normalized spacial score (nSPS) is 14.0. The van der Waals surface area contributed by atoms with Gasteiger partial charge in [0, 0.05) is 37.6 Å². The van der Waals surface area contributed by atoms with Crippen LogP contribution >= 0.6 is 11.8 Å². The number of sulfonamides is 1. The molecule has 3 rings (SSSR count). The van der Waals surface area contributed by atoms with Gasteiger partial charge in [0.1, 0.15) is 0 Å². The molecule has 0 aromatic heterocycles. The minimum Gasteiger partial charge on any atom is -0.348 e. The predicted octanol–water partition coefficient (Wildman–Crippen LogP) is 3.36. The Bertz CT molecular complexity index is 1060. The average Bonchev–Trinajstić information content (AvgIpc) is 3.37. The van der Waals surface area contributed by atoms with Crippen molar-refractivity contribution in [1.82, 2.24) is 14.5 Å². The van der Waals surface area contributed by atoms with Crippen LogP contribution in [0.25, 0.3) is 0 Å². The second kappa shape index (κ2) is 11.7. The Morgan fingerprint density at radius 2 is 1.64 bits per heavy atom. The van der Waals surface area contributed by atoms with E-state index in [9.17, 15) is 18.0 Å². The SMILES string of the molecule is CCN(CC)S(=O)(=O)c1ccc(CNC(=O)c2ccccc2SCC(=O)N2CCCC2)cc1. The Kier molecular flexibility index (Phi) is 8.94. The van der Waals surface area contributed by atoms with Crippen molar-refractivity contribution < 1.29 is 18.0 Å². The third kappa shape index (κ3) is 6.37. The highest BCUT2D eigenvalue weighted by molar-refractivity contribution is 8.00. The van der Waals surface area contributed by atoms with Crippen molar-refractivity contribution in [3.05, 3.63) is 59.7 Å². The van der Waals surface area contributed by atoms with Gasteiger partial charge in [0.15, 0.2) is 0 Å². The van der Waals surface area contributed by atoms with Crippen molar-refractivity contribution in [2.75, 3.05) is 31.9 Å². The van der Waals surface area contributed by atoms with Crippen LogP contribution in [0.3, 0.4) is 0 Å². The van der Waals surface area contributed by atoms with Crippen molar-refractivity contribution in [2.45, 2.75) is 43.0 Å². The number of carbonyl (C=O) groups is 2. The maximum absolute atomic E-state index is 12.8. The summed E-state index contributed by atoms with van der Waals surface area (Å²) < 4.78 is 26.6. The molecule has 2 aromatic carbocycles.